The number of esters is 1. The fourth-order valence-electron chi connectivity index (χ4n) is 5.42. The van der Waals surface area contributed by atoms with E-state index >= 15 is 0 Å². The van der Waals surface area contributed by atoms with Gasteiger partial charge in [0, 0.05) is 13.0 Å². The van der Waals surface area contributed by atoms with Crippen molar-refractivity contribution in [3.8, 4) is 0 Å². The van der Waals surface area contributed by atoms with Gasteiger partial charge in [0.15, 0.2) is 0 Å². The maximum atomic E-state index is 12.1. The number of unbranched alkanes of at least 4 members (excludes halogenated alkanes) is 23. The van der Waals surface area contributed by atoms with Crippen LogP contribution in [0.2, 0.25) is 0 Å². The van der Waals surface area contributed by atoms with Crippen molar-refractivity contribution in [1.29, 1.82) is 0 Å². The molecule has 4 nitrogen and oxygen atoms in total. The summed E-state index contributed by atoms with van der Waals surface area (Å²) in [5.41, 5.74) is 0. The Hall–Kier alpha value is -1.13. The molecule has 254 valence electrons. The van der Waals surface area contributed by atoms with Crippen LogP contribution in [0.1, 0.15) is 194 Å². The van der Waals surface area contributed by atoms with E-state index in [0.717, 1.165) is 25.7 Å². The molecule has 0 aromatic heterocycles. The highest BCUT2D eigenvalue weighted by Crippen LogP contribution is 2.13. The van der Waals surface area contributed by atoms with Crippen LogP contribution in [0.15, 0.2) is 24.3 Å². The second-order valence-electron chi connectivity index (χ2n) is 12.7. The zero-order chi connectivity index (χ0) is 31.3. The fraction of sp³-hybridized carbons (Fsp3) is 0.872. The highest BCUT2D eigenvalue weighted by Gasteiger charge is 2.13. The maximum absolute atomic E-state index is 12.1. The molecule has 0 fully saturated rings. The Kier molecular flexibility index (Phi) is 36.1. The van der Waals surface area contributed by atoms with E-state index in [-0.39, 0.29) is 12.6 Å². The van der Waals surface area contributed by atoms with E-state index in [1.807, 2.05) is 0 Å². The monoisotopic (exact) mass is 607 g/mol. The minimum Gasteiger partial charge on any atom is -0.457 e. The van der Waals surface area contributed by atoms with Gasteiger partial charge in [-0.15, -0.1) is 0 Å². The molecule has 1 atom stereocenters. The van der Waals surface area contributed by atoms with Gasteiger partial charge in [0.25, 0.3) is 0 Å². The zero-order valence-corrected chi connectivity index (χ0v) is 29.0. The van der Waals surface area contributed by atoms with Crippen LogP contribution in [0.25, 0.3) is 0 Å². The lowest BCUT2D eigenvalue weighted by atomic mass is 10.1. The van der Waals surface area contributed by atoms with E-state index < -0.39 is 6.10 Å². The largest absolute Gasteiger partial charge is 0.457 e. The molecule has 0 aliphatic rings. The van der Waals surface area contributed by atoms with Crippen LogP contribution in [0.4, 0.5) is 0 Å². The lowest BCUT2D eigenvalue weighted by Crippen LogP contribution is -2.27. The molecule has 0 radical (unpaired) electrons. The number of ether oxygens (including phenoxy) is 2. The van der Waals surface area contributed by atoms with E-state index in [0.29, 0.717) is 19.6 Å². The van der Waals surface area contributed by atoms with Gasteiger partial charge < -0.3 is 14.6 Å². The molecule has 1 N–H and O–H groups in total. The summed E-state index contributed by atoms with van der Waals surface area (Å²) in [6.45, 7) is 5.32. The first-order valence-electron chi connectivity index (χ1n) is 18.9. The third kappa shape index (κ3) is 35.2. The average molecular weight is 607 g/mol. The fourth-order valence-corrected chi connectivity index (χ4v) is 5.42. The van der Waals surface area contributed by atoms with E-state index in [4.69, 9.17) is 9.47 Å². The van der Waals surface area contributed by atoms with Crippen molar-refractivity contribution in [2.24, 2.45) is 0 Å². The highest BCUT2D eigenvalue weighted by atomic mass is 16.6. The number of rotatable bonds is 35. The average Bonchev–Trinajstić information content (AvgIpc) is 3.01. The molecule has 0 aliphatic heterocycles. The number of aliphatic hydroxyl groups excluding tert-OH is 1. The van der Waals surface area contributed by atoms with Gasteiger partial charge in [-0.1, -0.05) is 167 Å². The number of allylic oxidation sites excluding steroid dienone is 4. The Bertz CT molecular complexity index is 600. The summed E-state index contributed by atoms with van der Waals surface area (Å²) in [7, 11) is 0. The van der Waals surface area contributed by atoms with Crippen LogP contribution in [0.5, 0.6) is 0 Å². The summed E-state index contributed by atoms with van der Waals surface area (Å²) in [5.74, 6) is -0.204. The van der Waals surface area contributed by atoms with Gasteiger partial charge in [-0.25, -0.2) is 0 Å². The number of hydrogen-bond donors (Lipinski definition) is 1. The van der Waals surface area contributed by atoms with Crippen LogP contribution in [-0.2, 0) is 14.3 Å². The molecule has 43 heavy (non-hydrogen) atoms. The standard InChI is InChI=1S/C39H74O4/c1-3-5-7-9-11-13-14-15-16-17-18-19-20-21-22-23-24-25-27-29-31-33-35-42-37-38(36-40)43-39(41)34-32-30-28-26-12-10-8-6-4-2/h14-15,17-18,38,40H,3-13,16,19-37H2,1-2H3/b15-14-,18-17-. The number of aliphatic hydroxyl groups is 1. The minimum absolute atomic E-state index is 0.169. The van der Waals surface area contributed by atoms with Gasteiger partial charge >= 0.3 is 5.97 Å². The number of carbonyl (C=O) groups excluding carboxylic acids is 1. The Labute approximate surface area is 268 Å². The van der Waals surface area contributed by atoms with Gasteiger partial charge in [-0.2, -0.15) is 0 Å². The SMILES string of the molecule is CCCCCCC/C=C\C/C=C\CCCCCCCCCCCCOCC(CO)OC(=O)CCCCCCCCCCC. The van der Waals surface area contributed by atoms with Gasteiger partial charge in [0.2, 0.25) is 0 Å². The van der Waals surface area contributed by atoms with Crippen molar-refractivity contribution in [1.82, 2.24) is 0 Å². The van der Waals surface area contributed by atoms with Crippen LogP contribution in [0, 0.1) is 0 Å². The molecule has 0 aromatic carbocycles. The molecule has 0 amide bonds. The van der Waals surface area contributed by atoms with Gasteiger partial charge in [0.05, 0.1) is 13.2 Å². The van der Waals surface area contributed by atoms with Crippen LogP contribution in [-0.4, -0.2) is 37.0 Å². The first-order valence-corrected chi connectivity index (χ1v) is 18.9. The molecule has 0 aromatic rings. The third-order valence-corrected chi connectivity index (χ3v) is 8.28. The van der Waals surface area contributed by atoms with Crippen molar-refractivity contribution in [2.75, 3.05) is 19.8 Å². The molecule has 1 unspecified atom stereocenters. The van der Waals surface area contributed by atoms with Crippen molar-refractivity contribution in [3.63, 3.8) is 0 Å². The van der Waals surface area contributed by atoms with Gasteiger partial charge in [-0.05, 0) is 44.9 Å². The summed E-state index contributed by atoms with van der Waals surface area (Å²) in [4.78, 5) is 12.1. The summed E-state index contributed by atoms with van der Waals surface area (Å²) < 4.78 is 11.1. The number of hydrogen-bond acceptors (Lipinski definition) is 4. The molecule has 0 rings (SSSR count). The lowest BCUT2D eigenvalue weighted by Gasteiger charge is -2.16. The zero-order valence-electron chi connectivity index (χ0n) is 29.0. The topological polar surface area (TPSA) is 55.8 Å². The van der Waals surface area contributed by atoms with Crippen molar-refractivity contribution < 1.29 is 19.4 Å². The molecular formula is C39H74O4. The second-order valence-corrected chi connectivity index (χ2v) is 12.7. The molecule has 0 saturated heterocycles. The summed E-state index contributed by atoms with van der Waals surface area (Å²) in [6, 6.07) is 0. The van der Waals surface area contributed by atoms with Crippen LogP contribution >= 0.6 is 0 Å². The summed E-state index contributed by atoms with van der Waals surface area (Å²) in [6.07, 6.45) is 43.7. The quantitative estimate of drug-likeness (QED) is 0.0443. The van der Waals surface area contributed by atoms with E-state index in [9.17, 15) is 9.90 Å². The first-order chi connectivity index (χ1) is 21.2. The first kappa shape index (κ1) is 41.9. The highest BCUT2D eigenvalue weighted by molar-refractivity contribution is 5.69. The summed E-state index contributed by atoms with van der Waals surface area (Å²) in [5, 5.41) is 9.53. The van der Waals surface area contributed by atoms with Crippen molar-refractivity contribution >= 4 is 5.97 Å². The predicted molar refractivity (Wildman–Crippen MR) is 187 cm³/mol. The molecule has 4 heteroatoms. The Balaban J connectivity index is 3.39. The van der Waals surface area contributed by atoms with Crippen LogP contribution in [0.3, 0.4) is 0 Å². The summed E-state index contributed by atoms with van der Waals surface area (Å²) >= 11 is 0. The lowest BCUT2D eigenvalue weighted by molar-refractivity contribution is -0.154. The van der Waals surface area contributed by atoms with E-state index in [1.165, 1.54) is 148 Å². The predicted octanol–water partition coefficient (Wildman–Crippen LogP) is 12.0. The Morgan fingerprint density at radius 3 is 1.44 bits per heavy atom. The van der Waals surface area contributed by atoms with Crippen LogP contribution < -0.4 is 0 Å². The Morgan fingerprint density at radius 1 is 0.558 bits per heavy atom. The smallest absolute Gasteiger partial charge is 0.306 e. The normalized spacial score (nSPS) is 12.5. The molecule has 0 saturated carbocycles. The molecule has 0 aliphatic carbocycles. The van der Waals surface area contributed by atoms with Crippen molar-refractivity contribution in [2.45, 2.75) is 200 Å². The molecule has 0 bridgehead atoms. The number of carbonyl (C=O) groups is 1. The molecule has 0 spiro atoms. The third-order valence-electron chi connectivity index (χ3n) is 8.28. The van der Waals surface area contributed by atoms with E-state index in [2.05, 4.69) is 38.2 Å². The van der Waals surface area contributed by atoms with Gasteiger partial charge in [0.1, 0.15) is 6.10 Å². The van der Waals surface area contributed by atoms with E-state index in [1.54, 1.807) is 0 Å². The van der Waals surface area contributed by atoms with Gasteiger partial charge in [-0.3, -0.25) is 4.79 Å². The Morgan fingerprint density at radius 2 is 0.977 bits per heavy atom. The maximum Gasteiger partial charge on any atom is 0.306 e. The molecular weight excluding hydrogens is 532 g/mol. The molecule has 0 heterocycles. The minimum atomic E-state index is -0.529. The van der Waals surface area contributed by atoms with Crippen molar-refractivity contribution in [3.05, 3.63) is 24.3 Å². The second kappa shape index (κ2) is 37.1.